The number of aromatic nitrogens is 5. The van der Waals surface area contributed by atoms with Crippen molar-refractivity contribution in [2.75, 3.05) is 11.0 Å². The number of pyridine rings is 1. The van der Waals surface area contributed by atoms with Gasteiger partial charge in [-0.15, -0.1) is 0 Å². The average Bonchev–Trinajstić information content (AvgIpc) is 3.65. The second-order valence-electron chi connectivity index (χ2n) is 14.3. The van der Waals surface area contributed by atoms with Gasteiger partial charge in [-0.05, 0) is 67.5 Å². The Labute approximate surface area is 329 Å². The summed E-state index contributed by atoms with van der Waals surface area (Å²) >= 11 is 6.53. The molecule has 0 aliphatic heterocycles. The minimum atomic E-state index is -3.89. The molecule has 306 valence electrons. The summed E-state index contributed by atoms with van der Waals surface area (Å²) in [5.41, 5.74) is -4.70. The van der Waals surface area contributed by atoms with Crippen molar-refractivity contribution in [1.82, 2.24) is 29.9 Å². The summed E-state index contributed by atoms with van der Waals surface area (Å²) in [6, 6.07) is 6.53. The van der Waals surface area contributed by atoms with Gasteiger partial charge in [0.15, 0.2) is 11.4 Å². The van der Waals surface area contributed by atoms with Crippen molar-refractivity contribution < 1.29 is 53.4 Å². The van der Waals surface area contributed by atoms with Gasteiger partial charge >= 0.3 is 0 Å². The zero-order chi connectivity index (χ0) is 42.2. The number of alkyl halides is 6. The van der Waals surface area contributed by atoms with E-state index in [4.69, 9.17) is 11.6 Å². The van der Waals surface area contributed by atoms with E-state index in [1.54, 1.807) is 0 Å². The van der Waals surface area contributed by atoms with Gasteiger partial charge in [0.05, 0.1) is 33.9 Å². The number of halogens is 9. The summed E-state index contributed by atoms with van der Waals surface area (Å²) in [7, 11) is -2.43. The smallest absolute Gasteiger partial charge is 0.293 e. The molecule has 0 bridgehead atoms. The van der Waals surface area contributed by atoms with Crippen molar-refractivity contribution in [3.8, 4) is 23.0 Å². The summed E-state index contributed by atoms with van der Waals surface area (Å²) in [5.74, 6) is -4.50. The van der Waals surface area contributed by atoms with Crippen LogP contribution in [0.1, 0.15) is 65.6 Å². The first-order chi connectivity index (χ1) is 27.1. The molecule has 1 amide bonds. The van der Waals surface area contributed by atoms with Gasteiger partial charge < -0.3 is 10.4 Å². The van der Waals surface area contributed by atoms with Gasteiger partial charge in [-0.25, -0.2) is 39.7 Å². The summed E-state index contributed by atoms with van der Waals surface area (Å²) in [4.78, 5) is 18.4. The highest BCUT2D eigenvalue weighted by Gasteiger charge is 2.67. The van der Waals surface area contributed by atoms with Gasteiger partial charge in [0.2, 0.25) is 15.9 Å². The predicted octanol–water partition coefficient (Wildman–Crippen LogP) is 6.75. The molecule has 5 aromatic rings. The molecule has 4 unspecified atom stereocenters. The van der Waals surface area contributed by atoms with E-state index in [-0.39, 0.29) is 61.8 Å². The van der Waals surface area contributed by atoms with E-state index >= 15 is 8.78 Å². The van der Waals surface area contributed by atoms with Gasteiger partial charge in [0, 0.05) is 35.7 Å². The van der Waals surface area contributed by atoms with Crippen LogP contribution in [0.5, 0.6) is 0 Å². The molecule has 11 nitrogen and oxygen atoms in total. The zero-order valence-electron chi connectivity index (χ0n) is 30.3. The first kappa shape index (κ1) is 40.9. The Morgan fingerprint density at radius 1 is 1.07 bits per heavy atom. The number of anilines is 1. The number of rotatable bonds is 11. The minimum Gasteiger partial charge on any atom is -0.372 e. The maximum Gasteiger partial charge on any atom is 0.293 e. The van der Waals surface area contributed by atoms with E-state index < -0.39 is 94.2 Å². The number of nitrogens with zero attached hydrogens (tertiary/aromatic N) is 5. The van der Waals surface area contributed by atoms with E-state index in [9.17, 15) is 44.7 Å². The number of carbonyl (C=O) groups is 1. The molecule has 7 rings (SSSR count). The standard InChI is InChI=1S/C37H30ClF8N7O4S/c1-36(55,35(43)44)9-8-19-4-5-20(21-6-7-24(38)28-31(21)52(2)50-34(28)51-58(3,56)57)29(47-19)25(12-16-10-17(39)13-18(40)11-16)48-26(54)15-53-32-27(30(49-53)33(41)42)22-14-23(22)37(32,45)46/h4-7,10-11,13,22-23,25,33,35,55H,12,14-15H2,1-3H3,(H,48,54)(H,50,51). The first-order valence-corrected chi connectivity index (χ1v) is 19.5. The third kappa shape index (κ3) is 7.69. The number of hydrogen-bond donors (Lipinski definition) is 3. The van der Waals surface area contributed by atoms with Crippen LogP contribution in [0.15, 0.2) is 42.5 Å². The van der Waals surface area contributed by atoms with Crippen LogP contribution in [0.3, 0.4) is 0 Å². The first-order valence-electron chi connectivity index (χ1n) is 17.2. The normalized spacial score (nSPS) is 18.4. The SMILES string of the molecule is Cn1nc(NS(C)(=O)=O)c2c(Cl)ccc(-c3ccc(C#CC(C)(O)C(F)F)nc3C(Cc3cc(F)cc(F)c3)NC(=O)Cn3nc(C(F)F)c4c3C(F)(F)C3CC43)c21. The van der Waals surface area contributed by atoms with Crippen molar-refractivity contribution in [2.24, 2.45) is 13.0 Å². The molecular formula is C37H30ClF8N7O4S. The molecule has 2 aliphatic rings. The van der Waals surface area contributed by atoms with Crippen LogP contribution in [0.25, 0.3) is 22.0 Å². The lowest BCUT2D eigenvalue weighted by Crippen LogP contribution is -2.35. The Balaban J connectivity index is 1.40. The van der Waals surface area contributed by atoms with Crippen molar-refractivity contribution in [3.05, 3.63) is 93.0 Å². The molecule has 4 atom stereocenters. The molecule has 58 heavy (non-hydrogen) atoms. The van der Waals surface area contributed by atoms with E-state index in [0.717, 1.165) is 25.3 Å². The molecule has 0 spiro atoms. The molecule has 3 N–H and O–H groups in total. The highest BCUT2D eigenvalue weighted by molar-refractivity contribution is 7.92. The van der Waals surface area contributed by atoms with Gasteiger partial charge in [0.25, 0.3) is 18.8 Å². The highest BCUT2D eigenvalue weighted by Crippen LogP contribution is 2.68. The Kier molecular flexibility index (Phi) is 10.3. The number of fused-ring (bicyclic) bond motifs is 4. The number of aliphatic hydroxyl groups is 1. The van der Waals surface area contributed by atoms with E-state index in [0.29, 0.717) is 10.7 Å². The Hall–Kier alpha value is -5.26. The topological polar surface area (TPSA) is 144 Å². The number of aryl methyl sites for hydroxylation is 1. The van der Waals surface area contributed by atoms with Crippen molar-refractivity contribution in [2.45, 2.75) is 62.6 Å². The summed E-state index contributed by atoms with van der Waals surface area (Å²) in [6.45, 7) is -0.244. The number of hydrogen-bond acceptors (Lipinski definition) is 7. The van der Waals surface area contributed by atoms with Crippen LogP contribution in [0.2, 0.25) is 5.02 Å². The second kappa shape index (κ2) is 14.5. The molecule has 2 aromatic carbocycles. The van der Waals surface area contributed by atoms with Crippen LogP contribution in [0, 0.1) is 29.4 Å². The summed E-state index contributed by atoms with van der Waals surface area (Å²) in [5, 5.41) is 20.8. The number of benzene rings is 2. The average molecular weight is 856 g/mol. The van der Waals surface area contributed by atoms with Crippen LogP contribution >= 0.6 is 11.6 Å². The summed E-state index contributed by atoms with van der Waals surface area (Å²) in [6.07, 6.45) is -6.12. The third-order valence-corrected chi connectivity index (χ3v) is 10.7. The molecule has 2 aliphatic carbocycles. The predicted molar refractivity (Wildman–Crippen MR) is 194 cm³/mol. The largest absolute Gasteiger partial charge is 0.372 e. The van der Waals surface area contributed by atoms with Crippen molar-refractivity contribution in [3.63, 3.8) is 0 Å². The fraction of sp³-hybridized carbons (Fsp3) is 0.351. The molecule has 3 heterocycles. The Bertz CT molecular complexity index is 2660. The van der Waals surface area contributed by atoms with Crippen LogP contribution < -0.4 is 10.0 Å². The van der Waals surface area contributed by atoms with E-state index in [1.165, 1.54) is 36.0 Å². The van der Waals surface area contributed by atoms with Crippen LogP contribution in [0.4, 0.5) is 40.9 Å². The molecule has 0 saturated heterocycles. The van der Waals surface area contributed by atoms with E-state index in [1.807, 2.05) is 5.92 Å². The lowest BCUT2D eigenvalue weighted by Gasteiger charge is -2.23. The molecule has 21 heteroatoms. The molecule has 0 radical (unpaired) electrons. The third-order valence-electron chi connectivity index (χ3n) is 9.79. The molecule has 1 saturated carbocycles. The maximum atomic E-state index is 15.4. The lowest BCUT2D eigenvalue weighted by molar-refractivity contribution is -0.123. The number of sulfonamides is 1. The van der Waals surface area contributed by atoms with Crippen LogP contribution in [-0.2, 0) is 40.8 Å². The monoisotopic (exact) mass is 855 g/mol. The van der Waals surface area contributed by atoms with Gasteiger partial charge in [-0.3, -0.25) is 18.9 Å². The number of carbonyl (C=O) groups excluding carboxylic acids is 1. The van der Waals surface area contributed by atoms with Gasteiger partial charge in [-0.2, -0.15) is 19.0 Å². The molecule has 3 aromatic heterocycles. The van der Waals surface area contributed by atoms with Gasteiger partial charge in [-0.1, -0.05) is 23.6 Å². The van der Waals surface area contributed by atoms with Gasteiger partial charge in [0.1, 0.15) is 35.3 Å². The fourth-order valence-corrected chi connectivity index (χ4v) is 8.00. The van der Waals surface area contributed by atoms with Crippen molar-refractivity contribution >= 4 is 44.3 Å². The quantitative estimate of drug-likeness (QED) is 0.0986. The van der Waals surface area contributed by atoms with Crippen LogP contribution in [-0.4, -0.2) is 62.3 Å². The molecular weight excluding hydrogens is 826 g/mol. The highest BCUT2D eigenvalue weighted by atomic mass is 35.5. The fourth-order valence-electron chi connectivity index (χ4n) is 7.26. The number of amides is 1. The van der Waals surface area contributed by atoms with E-state index in [2.05, 4.69) is 31.1 Å². The maximum absolute atomic E-state index is 15.4. The number of nitrogens with one attached hydrogen (secondary N) is 2. The second-order valence-corrected chi connectivity index (χ2v) is 16.4. The minimum absolute atomic E-state index is 0.0231. The summed E-state index contributed by atoms with van der Waals surface area (Å²) < 4.78 is 143. The lowest BCUT2D eigenvalue weighted by atomic mass is 9.93. The van der Waals surface area contributed by atoms with Crippen molar-refractivity contribution in [1.29, 1.82) is 0 Å². The molecule has 1 fully saturated rings. The zero-order valence-corrected chi connectivity index (χ0v) is 31.8. The Morgan fingerprint density at radius 3 is 2.38 bits per heavy atom. The Morgan fingerprint density at radius 2 is 1.74 bits per heavy atom.